The number of aromatic nitrogens is 3. The number of hydrogen-bond acceptors (Lipinski definition) is 5. The fraction of sp³-hybridized carbons (Fsp3) is 0.158. The van der Waals surface area contributed by atoms with Crippen LogP contribution in [0.4, 0.5) is 5.69 Å². The van der Waals surface area contributed by atoms with Crippen molar-refractivity contribution in [1.82, 2.24) is 20.1 Å². The second kappa shape index (κ2) is 7.69. The molecule has 0 bridgehead atoms. The summed E-state index contributed by atoms with van der Waals surface area (Å²) in [4.78, 5) is 28.9. The molecule has 0 radical (unpaired) electrons. The van der Waals surface area contributed by atoms with Gasteiger partial charge in [-0.1, -0.05) is 29.8 Å². The van der Waals surface area contributed by atoms with Gasteiger partial charge >= 0.3 is 11.8 Å². The van der Waals surface area contributed by atoms with Crippen molar-refractivity contribution in [3.63, 3.8) is 0 Å². The maximum atomic E-state index is 12.5. The number of para-hydroxylation sites is 1. The topological polar surface area (TPSA) is 98.1 Å². The number of nitrogens with one attached hydrogen (secondary N) is 2. The highest BCUT2D eigenvalue weighted by atomic mass is 35.5. The third kappa shape index (κ3) is 3.67. The molecule has 2 heterocycles. The van der Waals surface area contributed by atoms with Gasteiger partial charge in [-0.3, -0.25) is 9.59 Å². The predicted molar refractivity (Wildman–Crippen MR) is 102 cm³/mol. The van der Waals surface area contributed by atoms with Crippen molar-refractivity contribution >= 4 is 29.1 Å². The third-order valence-corrected chi connectivity index (χ3v) is 4.58. The van der Waals surface area contributed by atoms with Gasteiger partial charge in [0.1, 0.15) is 18.4 Å². The minimum absolute atomic E-state index is 0.294. The minimum atomic E-state index is -0.799. The van der Waals surface area contributed by atoms with Crippen molar-refractivity contribution in [3.8, 4) is 11.4 Å². The molecule has 2 amide bonds. The molecule has 0 spiro atoms. The number of carbonyl (C=O) groups excluding carboxylic acids is 2. The summed E-state index contributed by atoms with van der Waals surface area (Å²) in [6, 6.07) is 12.0. The summed E-state index contributed by atoms with van der Waals surface area (Å²) in [5.74, 6) is -0.832. The molecule has 3 aromatic rings. The second-order valence-corrected chi connectivity index (χ2v) is 6.59. The maximum Gasteiger partial charge on any atom is 0.313 e. The third-order valence-electron chi connectivity index (χ3n) is 4.34. The van der Waals surface area contributed by atoms with Crippen molar-refractivity contribution in [2.45, 2.75) is 12.5 Å². The van der Waals surface area contributed by atoms with Gasteiger partial charge in [0, 0.05) is 17.0 Å². The van der Waals surface area contributed by atoms with Crippen LogP contribution in [-0.2, 0) is 9.59 Å². The van der Waals surface area contributed by atoms with Gasteiger partial charge in [-0.25, -0.2) is 9.67 Å². The van der Waals surface area contributed by atoms with E-state index >= 15 is 0 Å². The summed E-state index contributed by atoms with van der Waals surface area (Å²) in [6.07, 6.45) is 3.44. The van der Waals surface area contributed by atoms with E-state index in [0.29, 0.717) is 35.2 Å². The lowest BCUT2D eigenvalue weighted by Crippen LogP contribution is -2.39. The normalized spacial score (nSPS) is 15.2. The zero-order valence-corrected chi connectivity index (χ0v) is 15.4. The Morgan fingerprint density at radius 2 is 2.04 bits per heavy atom. The molecule has 9 heteroatoms. The number of amides is 2. The summed E-state index contributed by atoms with van der Waals surface area (Å²) < 4.78 is 7.05. The van der Waals surface area contributed by atoms with E-state index in [1.165, 1.54) is 17.3 Å². The van der Waals surface area contributed by atoms with Crippen molar-refractivity contribution < 1.29 is 14.3 Å². The van der Waals surface area contributed by atoms with Gasteiger partial charge in [0.25, 0.3) is 0 Å². The first kappa shape index (κ1) is 18.0. The number of halogens is 1. The number of anilines is 1. The molecule has 2 N–H and O–H groups in total. The molecule has 0 saturated carbocycles. The van der Waals surface area contributed by atoms with Crippen LogP contribution in [0.2, 0.25) is 5.02 Å². The van der Waals surface area contributed by atoms with Crippen LogP contribution in [-0.4, -0.2) is 33.2 Å². The molecule has 28 heavy (non-hydrogen) atoms. The average Bonchev–Trinajstić information content (AvgIpc) is 3.23. The van der Waals surface area contributed by atoms with Crippen LogP contribution in [0.25, 0.3) is 5.69 Å². The highest BCUT2D eigenvalue weighted by Gasteiger charge is 2.25. The molecule has 142 valence electrons. The van der Waals surface area contributed by atoms with Crippen molar-refractivity contribution in [3.05, 3.63) is 65.7 Å². The van der Waals surface area contributed by atoms with E-state index < -0.39 is 11.8 Å². The van der Waals surface area contributed by atoms with Gasteiger partial charge in [0.2, 0.25) is 0 Å². The van der Waals surface area contributed by atoms with Gasteiger partial charge in [0.05, 0.1) is 24.0 Å². The maximum absolute atomic E-state index is 12.5. The van der Waals surface area contributed by atoms with Crippen LogP contribution < -0.4 is 15.4 Å². The number of hydrogen-bond donors (Lipinski definition) is 2. The molecule has 4 rings (SSSR count). The predicted octanol–water partition coefficient (Wildman–Crippen LogP) is 2.50. The quantitative estimate of drug-likeness (QED) is 0.662. The van der Waals surface area contributed by atoms with E-state index in [9.17, 15) is 9.59 Å². The van der Waals surface area contributed by atoms with Gasteiger partial charge < -0.3 is 15.4 Å². The van der Waals surface area contributed by atoms with Gasteiger partial charge in [-0.05, 0) is 24.3 Å². The first-order chi connectivity index (χ1) is 13.6. The summed E-state index contributed by atoms with van der Waals surface area (Å²) >= 11 is 6.04. The zero-order chi connectivity index (χ0) is 19.5. The number of benzene rings is 2. The summed E-state index contributed by atoms with van der Waals surface area (Å²) in [5.41, 5.74) is 1.74. The van der Waals surface area contributed by atoms with Crippen molar-refractivity contribution in [2.75, 3.05) is 11.9 Å². The fourth-order valence-electron chi connectivity index (χ4n) is 3.04. The van der Waals surface area contributed by atoms with E-state index in [-0.39, 0.29) is 6.04 Å². The van der Waals surface area contributed by atoms with Crippen LogP contribution in [0, 0.1) is 0 Å². The first-order valence-corrected chi connectivity index (χ1v) is 8.98. The second-order valence-electron chi connectivity index (χ2n) is 6.16. The van der Waals surface area contributed by atoms with E-state index in [1.807, 2.05) is 24.3 Å². The Bertz CT molecular complexity index is 1020. The Morgan fingerprint density at radius 1 is 1.18 bits per heavy atom. The number of ether oxygens (including phenoxy) is 1. The SMILES string of the molecule is O=C(Nc1cc(Cl)ccc1-n1cncn1)C(=O)N[C@@H]1CCOc2ccccc21. The molecule has 1 aliphatic rings. The average molecular weight is 398 g/mol. The fourth-order valence-corrected chi connectivity index (χ4v) is 3.21. The highest BCUT2D eigenvalue weighted by molar-refractivity contribution is 6.40. The van der Waals surface area contributed by atoms with Crippen LogP contribution in [0.3, 0.4) is 0 Å². The molecule has 2 aromatic carbocycles. The van der Waals surface area contributed by atoms with E-state index in [0.717, 1.165) is 5.56 Å². The van der Waals surface area contributed by atoms with Crippen LogP contribution in [0.15, 0.2) is 55.1 Å². The molecular weight excluding hydrogens is 382 g/mol. The molecule has 0 unspecified atom stereocenters. The largest absolute Gasteiger partial charge is 0.493 e. The van der Waals surface area contributed by atoms with Crippen molar-refractivity contribution in [1.29, 1.82) is 0 Å². The molecular formula is C19H16ClN5O3. The minimum Gasteiger partial charge on any atom is -0.493 e. The standard InChI is InChI=1S/C19H16ClN5O3/c20-12-5-6-16(25-11-21-10-22-25)15(9-12)24-19(27)18(26)23-14-7-8-28-17-4-2-1-3-13(14)17/h1-6,9-11,14H,7-8H2,(H,23,26)(H,24,27)/t14-/m1/s1. The lowest BCUT2D eigenvalue weighted by molar-refractivity contribution is -0.136. The monoisotopic (exact) mass is 397 g/mol. The van der Waals surface area contributed by atoms with E-state index in [2.05, 4.69) is 20.7 Å². The van der Waals surface area contributed by atoms with Gasteiger partial charge in [-0.2, -0.15) is 5.10 Å². The molecule has 1 aliphatic heterocycles. The van der Waals surface area contributed by atoms with Gasteiger partial charge in [-0.15, -0.1) is 0 Å². The smallest absolute Gasteiger partial charge is 0.313 e. The van der Waals surface area contributed by atoms with Crippen LogP contribution in [0.5, 0.6) is 5.75 Å². The van der Waals surface area contributed by atoms with Crippen molar-refractivity contribution in [2.24, 2.45) is 0 Å². The Balaban J connectivity index is 1.51. The molecule has 0 fully saturated rings. The highest BCUT2D eigenvalue weighted by Crippen LogP contribution is 2.31. The summed E-state index contributed by atoms with van der Waals surface area (Å²) in [7, 11) is 0. The molecule has 0 saturated heterocycles. The Hall–Kier alpha value is -3.39. The lowest BCUT2D eigenvalue weighted by Gasteiger charge is -2.26. The number of nitrogens with zero attached hydrogens (tertiary/aromatic N) is 3. The Morgan fingerprint density at radius 3 is 2.86 bits per heavy atom. The van der Waals surface area contributed by atoms with Crippen LogP contribution >= 0.6 is 11.6 Å². The molecule has 1 aromatic heterocycles. The zero-order valence-electron chi connectivity index (χ0n) is 14.6. The lowest BCUT2D eigenvalue weighted by atomic mass is 10.0. The Labute approximate surface area is 165 Å². The molecule has 8 nitrogen and oxygen atoms in total. The summed E-state index contributed by atoms with van der Waals surface area (Å²) in [5, 5.41) is 9.82. The number of fused-ring (bicyclic) bond motifs is 1. The number of rotatable bonds is 3. The van der Waals surface area contributed by atoms with Gasteiger partial charge in [0.15, 0.2) is 0 Å². The summed E-state index contributed by atoms with van der Waals surface area (Å²) in [6.45, 7) is 0.467. The van der Waals surface area contributed by atoms with Crippen LogP contribution in [0.1, 0.15) is 18.0 Å². The van der Waals surface area contributed by atoms with E-state index in [1.54, 1.807) is 18.2 Å². The Kier molecular flexibility index (Phi) is 4.94. The number of carbonyl (C=O) groups is 2. The molecule has 1 atom stereocenters. The van der Waals surface area contributed by atoms with E-state index in [4.69, 9.17) is 16.3 Å². The molecule has 0 aliphatic carbocycles. The first-order valence-electron chi connectivity index (χ1n) is 8.60.